The van der Waals surface area contributed by atoms with Gasteiger partial charge in [0.05, 0.1) is 6.04 Å². The Kier molecular flexibility index (Phi) is 4.75. The van der Waals surface area contributed by atoms with E-state index in [1.165, 1.54) is 6.42 Å². The minimum Gasteiger partial charge on any atom is -0.347 e. The third kappa shape index (κ3) is 3.57. The third-order valence-electron chi connectivity index (χ3n) is 3.47. The van der Waals surface area contributed by atoms with Crippen LogP contribution in [0.2, 0.25) is 0 Å². The van der Waals surface area contributed by atoms with Gasteiger partial charge in [0.25, 0.3) is 0 Å². The Bertz CT molecular complexity index is 357. The van der Waals surface area contributed by atoms with E-state index in [4.69, 9.17) is 0 Å². The zero-order valence-electron chi connectivity index (χ0n) is 10.9. The van der Waals surface area contributed by atoms with Crippen molar-refractivity contribution in [3.63, 3.8) is 0 Å². The second-order valence-electron chi connectivity index (χ2n) is 4.92. The summed E-state index contributed by atoms with van der Waals surface area (Å²) in [5.41, 5.74) is 0. The van der Waals surface area contributed by atoms with E-state index in [0.29, 0.717) is 12.3 Å². The fraction of sp³-hybridized carbons (Fsp3) is 0.692. The number of aromatic amines is 1. The van der Waals surface area contributed by atoms with Crippen molar-refractivity contribution in [2.45, 2.75) is 38.6 Å². The Morgan fingerprint density at radius 2 is 2.56 bits per heavy atom. The van der Waals surface area contributed by atoms with E-state index in [1.54, 1.807) is 12.4 Å². The number of nitrogens with zero attached hydrogens (tertiary/aromatic N) is 1. The maximum atomic E-state index is 12.0. The Labute approximate surface area is 108 Å². The van der Waals surface area contributed by atoms with Crippen molar-refractivity contribution in [3.8, 4) is 0 Å². The average Bonchev–Trinajstić information content (AvgIpc) is 2.91. The molecule has 5 nitrogen and oxygen atoms in total. The molecule has 18 heavy (non-hydrogen) atoms. The average molecular weight is 250 g/mol. The van der Waals surface area contributed by atoms with Crippen molar-refractivity contribution in [1.82, 2.24) is 20.6 Å². The fourth-order valence-corrected chi connectivity index (χ4v) is 2.45. The van der Waals surface area contributed by atoms with Gasteiger partial charge < -0.3 is 15.6 Å². The van der Waals surface area contributed by atoms with Gasteiger partial charge >= 0.3 is 0 Å². The van der Waals surface area contributed by atoms with Crippen LogP contribution in [0.5, 0.6) is 0 Å². The predicted molar refractivity (Wildman–Crippen MR) is 70.0 cm³/mol. The molecule has 2 rings (SSSR count). The third-order valence-corrected chi connectivity index (χ3v) is 3.47. The summed E-state index contributed by atoms with van der Waals surface area (Å²) in [6, 6.07) is 0.00375. The number of piperidine rings is 1. The minimum absolute atomic E-state index is 0.00375. The highest BCUT2D eigenvalue weighted by atomic mass is 16.1. The van der Waals surface area contributed by atoms with Crippen molar-refractivity contribution >= 4 is 5.91 Å². The summed E-state index contributed by atoms with van der Waals surface area (Å²) in [6.45, 7) is 4.10. The zero-order valence-corrected chi connectivity index (χ0v) is 10.9. The van der Waals surface area contributed by atoms with E-state index >= 15 is 0 Å². The molecule has 1 aliphatic heterocycles. The number of H-pyrrole nitrogens is 1. The SMILES string of the molecule is CCC(NC(=O)CC1CCCNC1)c1ncc[nH]1. The number of carbonyl (C=O) groups is 1. The summed E-state index contributed by atoms with van der Waals surface area (Å²) in [4.78, 5) is 19.3. The van der Waals surface area contributed by atoms with Crippen molar-refractivity contribution in [3.05, 3.63) is 18.2 Å². The molecule has 1 saturated heterocycles. The van der Waals surface area contributed by atoms with E-state index in [1.807, 2.05) is 0 Å². The minimum atomic E-state index is 0.00375. The van der Waals surface area contributed by atoms with Crippen molar-refractivity contribution < 1.29 is 4.79 Å². The van der Waals surface area contributed by atoms with Gasteiger partial charge in [0, 0.05) is 18.8 Å². The highest BCUT2D eigenvalue weighted by Gasteiger charge is 2.19. The van der Waals surface area contributed by atoms with Gasteiger partial charge in [-0.05, 0) is 38.3 Å². The van der Waals surface area contributed by atoms with Gasteiger partial charge in [-0.2, -0.15) is 0 Å². The van der Waals surface area contributed by atoms with Crippen molar-refractivity contribution in [1.29, 1.82) is 0 Å². The van der Waals surface area contributed by atoms with E-state index in [2.05, 4.69) is 27.5 Å². The van der Waals surface area contributed by atoms with Crippen LogP contribution in [-0.4, -0.2) is 29.0 Å². The topological polar surface area (TPSA) is 69.8 Å². The Morgan fingerprint density at radius 3 is 3.17 bits per heavy atom. The summed E-state index contributed by atoms with van der Waals surface area (Å²) in [6.07, 6.45) is 7.29. The van der Waals surface area contributed by atoms with Gasteiger partial charge in [0.1, 0.15) is 5.82 Å². The molecule has 0 aromatic carbocycles. The van der Waals surface area contributed by atoms with Gasteiger partial charge in [-0.1, -0.05) is 6.92 Å². The van der Waals surface area contributed by atoms with Crippen LogP contribution in [0, 0.1) is 5.92 Å². The molecule has 0 radical (unpaired) electrons. The highest BCUT2D eigenvalue weighted by Crippen LogP contribution is 2.16. The summed E-state index contributed by atoms with van der Waals surface area (Å²) in [7, 11) is 0. The van der Waals surface area contributed by atoms with Crippen LogP contribution in [0.15, 0.2) is 12.4 Å². The molecule has 0 bridgehead atoms. The van der Waals surface area contributed by atoms with Gasteiger partial charge in [-0.15, -0.1) is 0 Å². The number of nitrogens with one attached hydrogen (secondary N) is 3. The van der Waals surface area contributed by atoms with Crippen molar-refractivity contribution in [2.75, 3.05) is 13.1 Å². The zero-order chi connectivity index (χ0) is 12.8. The molecule has 2 unspecified atom stereocenters. The maximum Gasteiger partial charge on any atom is 0.220 e. The summed E-state index contributed by atoms with van der Waals surface area (Å²) >= 11 is 0. The number of carbonyl (C=O) groups excluding carboxylic acids is 1. The van der Waals surface area contributed by atoms with Crippen LogP contribution in [0.25, 0.3) is 0 Å². The first-order chi connectivity index (χ1) is 8.79. The monoisotopic (exact) mass is 250 g/mol. The van der Waals surface area contributed by atoms with Gasteiger partial charge in [-0.3, -0.25) is 4.79 Å². The number of aromatic nitrogens is 2. The maximum absolute atomic E-state index is 12.0. The lowest BCUT2D eigenvalue weighted by Gasteiger charge is -2.23. The predicted octanol–water partition coefficient (Wildman–Crippen LogP) is 1.37. The molecule has 1 fully saturated rings. The van der Waals surface area contributed by atoms with Gasteiger partial charge in [0.15, 0.2) is 0 Å². The molecular formula is C13H22N4O. The molecule has 0 spiro atoms. The number of rotatable bonds is 5. The molecule has 1 aromatic heterocycles. The first kappa shape index (κ1) is 13.1. The summed E-state index contributed by atoms with van der Waals surface area (Å²) in [5, 5.41) is 6.39. The van der Waals surface area contributed by atoms with Crippen LogP contribution in [0.3, 0.4) is 0 Å². The fourth-order valence-electron chi connectivity index (χ4n) is 2.45. The van der Waals surface area contributed by atoms with E-state index in [9.17, 15) is 4.79 Å². The van der Waals surface area contributed by atoms with E-state index in [-0.39, 0.29) is 11.9 Å². The first-order valence-corrected chi connectivity index (χ1v) is 6.79. The molecule has 2 atom stereocenters. The van der Waals surface area contributed by atoms with Gasteiger partial charge in [0.2, 0.25) is 5.91 Å². The molecule has 1 aliphatic rings. The first-order valence-electron chi connectivity index (χ1n) is 6.79. The molecule has 5 heteroatoms. The van der Waals surface area contributed by atoms with Crippen molar-refractivity contribution in [2.24, 2.45) is 5.92 Å². The smallest absolute Gasteiger partial charge is 0.220 e. The van der Waals surface area contributed by atoms with E-state index < -0.39 is 0 Å². The lowest BCUT2D eigenvalue weighted by molar-refractivity contribution is -0.123. The molecule has 100 valence electrons. The molecule has 2 heterocycles. The summed E-state index contributed by atoms with van der Waals surface area (Å²) in [5.74, 6) is 1.45. The second-order valence-corrected chi connectivity index (χ2v) is 4.92. The number of hydrogen-bond donors (Lipinski definition) is 3. The standard InChI is InChI=1S/C13H22N4O/c1-2-11(13-15-6-7-16-13)17-12(18)8-10-4-3-5-14-9-10/h6-7,10-11,14H,2-5,8-9H2,1H3,(H,15,16)(H,17,18). The van der Waals surface area contributed by atoms with Crippen LogP contribution < -0.4 is 10.6 Å². The van der Waals surface area contributed by atoms with Crippen LogP contribution in [0.1, 0.15) is 44.5 Å². The summed E-state index contributed by atoms with van der Waals surface area (Å²) < 4.78 is 0. The molecule has 3 N–H and O–H groups in total. The number of amides is 1. The molecule has 0 saturated carbocycles. The largest absolute Gasteiger partial charge is 0.347 e. The molecule has 0 aliphatic carbocycles. The Balaban J connectivity index is 1.82. The van der Waals surface area contributed by atoms with Crippen LogP contribution >= 0.6 is 0 Å². The molecular weight excluding hydrogens is 228 g/mol. The lowest BCUT2D eigenvalue weighted by atomic mass is 9.96. The Morgan fingerprint density at radius 1 is 1.67 bits per heavy atom. The molecule has 1 aromatic rings. The highest BCUT2D eigenvalue weighted by molar-refractivity contribution is 5.76. The lowest BCUT2D eigenvalue weighted by Crippen LogP contribution is -2.35. The van der Waals surface area contributed by atoms with Gasteiger partial charge in [-0.25, -0.2) is 4.98 Å². The normalized spacial score (nSPS) is 21.5. The number of imidazole rings is 1. The van der Waals surface area contributed by atoms with Crippen LogP contribution in [-0.2, 0) is 4.79 Å². The number of hydrogen-bond acceptors (Lipinski definition) is 3. The quantitative estimate of drug-likeness (QED) is 0.739. The van der Waals surface area contributed by atoms with E-state index in [0.717, 1.165) is 31.8 Å². The second kappa shape index (κ2) is 6.54. The molecule has 1 amide bonds. The van der Waals surface area contributed by atoms with Crippen LogP contribution in [0.4, 0.5) is 0 Å². The Hall–Kier alpha value is -1.36.